The fourth-order valence-corrected chi connectivity index (χ4v) is 2.76. The lowest BCUT2D eigenvalue weighted by atomic mass is 10.1. The van der Waals surface area contributed by atoms with Gasteiger partial charge in [-0.2, -0.15) is 0 Å². The maximum atomic E-state index is 12.8. The molecule has 1 fully saturated rings. The van der Waals surface area contributed by atoms with E-state index in [1.807, 2.05) is 12.1 Å². The lowest BCUT2D eigenvalue weighted by molar-refractivity contribution is -0.147. The minimum atomic E-state index is -1.09. The number of carboxylic acids is 1. The number of hydrogen-bond acceptors (Lipinski definition) is 5. The predicted molar refractivity (Wildman–Crippen MR) is 80.8 cm³/mol. The van der Waals surface area contributed by atoms with Gasteiger partial charge in [0, 0.05) is 17.5 Å². The molecule has 1 aliphatic rings. The first-order valence-corrected chi connectivity index (χ1v) is 7.22. The van der Waals surface area contributed by atoms with Crippen molar-refractivity contribution in [3.8, 4) is 5.75 Å². The molecule has 7 nitrogen and oxygen atoms in total. The van der Waals surface area contributed by atoms with Crippen molar-refractivity contribution in [1.29, 1.82) is 0 Å². The predicted octanol–water partition coefficient (Wildman–Crippen LogP) is 1.68. The lowest BCUT2D eigenvalue weighted by Crippen LogP contribution is -2.52. The van der Waals surface area contributed by atoms with Crippen LogP contribution < -0.4 is 4.74 Å². The molecule has 23 heavy (non-hydrogen) atoms. The second-order valence-electron chi connectivity index (χ2n) is 5.32. The summed E-state index contributed by atoms with van der Waals surface area (Å²) in [6.07, 6.45) is 0. The number of hydrogen-bond donors (Lipinski definition) is 1. The smallest absolute Gasteiger partial charge is 0.328 e. The van der Waals surface area contributed by atoms with E-state index in [0.29, 0.717) is 23.5 Å². The van der Waals surface area contributed by atoms with Crippen molar-refractivity contribution >= 4 is 22.8 Å². The Bertz CT molecular complexity index is 765. The zero-order valence-electron chi connectivity index (χ0n) is 12.9. The largest absolute Gasteiger partial charge is 0.493 e. The molecule has 1 aliphatic heterocycles. The summed E-state index contributed by atoms with van der Waals surface area (Å²) in [5, 5.41) is 10.0. The Morgan fingerprint density at radius 3 is 2.87 bits per heavy atom. The summed E-state index contributed by atoms with van der Waals surface area (Å²) in [7, 11) is 1.52. The van der Waals surface area contributed by atoms with Crippen LogP contribution in [0.4, 0.5) is 0 Å². The van der Waals surface area contributed by atoms with Crippen LogP contribution in [0.1, 0.15) is 16.1 Å². The topological polar surface area (TPSA) is 89.2 Å². The van der Waals surface area contributed by atoms with Crippen LogP contribution in [0.5, 0.6) is 5.75 Å². The Kier molecular flexibility index (Phi) is 3.96. The minimum absolute atomic E-state index is 0.0241. The molecule has 0 aliphatic carbocycles. The van der Waals surface area contributed by atoms with Gasteiger partial charge in [0.25, 0.3) is 5.91 Å². The van der Waals surface area contributed by atoms with Crippen LogP contribution in [0, 0.1) is 6.92 Å². The quantitative estimate of drug-likeness (QED) is 0.926. The van der Waals surface area contributed by atoms with Gasteiger partial charge in [0.1, 0.15) is 0 Å². The first-order valence-electron chi connectivity index (χ1n) is 7.22. The number of methoxy groups -OCH3 is 1. The van der Waals surface area contributed by atoms with Crippen molar-refractivity contribution in [3.05, 3.63) is 29.5 Å². The van der Waals surface area contributed by atoms with E-state index in [2.05, 4.69) is 0 Å². The molecular weight excluding hydrogens is 302 g/mol. The van der Waals surface area contributed by atoms with E-state index < -0.39 is 17.9 Å². The third kappa shape index (κ3) is 2.53. The zero-order chi connectivity index (χ0) is 16.6. The highest BCUT2D eigenvalue weighted by molar-refractivity contribution is 6.01. The number of furan rings is 1. The van der Waals surface area contributed by atoms with E-state index in [1.54, 1.807) is 13.0 Å². The molecule has 0 spiro atoms. The van der Waals surface area contributed by atoms with Crippen LogP contribution in [0.15, 0.2) is 22.6 Å². The average molecular weight is 319 g/mol. The molecule has 1 atom stereocenters. The van der Waals surface area contributed by atoms with Crippen molar-refractivity contribution in [2.75, 3.05) is 26.9 Å². The number of para-hydroxylation sites is 1. The third-order valence-corrected chi connectivity index (χ3v) is 4.02. The van der Waals surface area contributed by atoms with Crippen molar-refractivity contribution in [1.82, 2.24) is 4.90 Å². The second-order valence-corrected chi connectivity index (χ2v) is 5.32. The summed E-state index contributed by atoms with van der Waals surface area (Å²) in [6.45, 7) is 2.26. The van der Waals surface area contributed by atoms with Crippen molar-refractivity contribution in [2.45, 2.75) is 13.0 Å². The number of aryl methyl sites for hydroxylation is 1. The van der Waals surface area contributed by atoms with E-state index in [4.69, 9.17) is 13.9 Å². The number of benzene rings is 1. The maximum Gasteiger partial charge on any atom is 0.328 e. The van der Waals surface area contributed by atoms with Gasteiger partial charge in [-0.3, -0.25) is 4.79 Å². The fraction of sp³-hybridized carbons (Fsp3) is 0.375. The lowest BCUT2D eigenvalue weighted by Gasteiger charge is -2.32. The maximum absolute atomic E-state index is 12.8. The summed E-state index contributed by atoms with van der Waals surface area (Å²) in [5.41, 5.74) is 1.15. The molecule has 1 aromatic heterocycles. The minimum Gasteiger partial charge on any atom is -0.493 e. The summed E-state index contributed by atoms with van der Waals surface area (Å²) < 4.78 is 16.1. The molecule has 0 bridgehead atoms. The van der Waals surface area contributed by atoms with E-state index in [0.717, 1.165) is 5.39 Å². The van der Waals surface area contributed by atoms with Crippen LogP contribution in [-0.4, -0.2) is 54.8 Å². The normalized spacial score (nSPS) is 18.2. The molecule has 0 radical (unpaired) electrons. The Morgan fingerprint density at radius 2 is 2.17 bits per heavy atom. The Hall–Kier alpha value is -2.54. The fourth-order valence-electron chi connectivity index (χ4n) is 2.76. The van der Waals surface area contributed by atoms with Crippen LogP contribution in [0.25, 0.3) is 11.0 Å². The molecule has 0 saturated carbocycles. The van der Waals surface area contributed by atoms with Gasteiger partial charge in [0.15, 0.2) is 23.1 Å². The average Bonchev–Trinajstić information content (AvgIpc) is 2.91. The number of rotatable bonds is 3. The highest BCUT2D eigenvalue weighted by Crippen LogP contribution is 2.33. The standard InChI is InChI=1S/C16H17NO6/c1-9-10-4-3-5-12(21-2)14(10)23-13(9)15(18)17-6-7-22-8-11(17)16(19)20/h3-5,11H,6-8H2,1-2H3,(H,19,20)/t11-/m1/s1. The van der Waals surface area contributed by atoms with Crippen molar-refractivity contribution in [3.63, 3.8) is 0 Å². The molecule has 1 aromatic carbocycles. The number of ether oxygens (including phenoxy) is 2. The molecule has 1 amide bonds. The van der Waals surface area contributed by atoms with Gasteiger partial charge >= 0.3 is 5.97 Å². The molecule has 0 unspecified atom stereocenters. The number of nitrogens with zero attached hydrogens (tertiary/aromatic N) is 1. The molecule has 3 rings (SSSR count). The van der Waals surface area contributed by atoms with Gasteiger partial charge in [0.2, 0.25) is 0 Å². The summed E-state index contributed by atoms with van der Waals surface area (Å²) in [4.78, 5) is 25.4. The molecule has 2 heterocycles. The van der Waals surface area contributed by atoms with Crippen LogP contribution >= 0.6 is 0 Å². The summed E-state index contributed by atoms with van der Waals surface area (Å²) in [5.74, 6) is -0.875. The van der Waals surface area contributed by atoms with Gasteiger partial charge in [-0.05, 0) is 13.0 Å². The highest BCUT2D eigenvalue weighted by atomic mass is 16.5. The van der Waals surface area contributed by atoms with Gasteiger partial charge < -0.3 is 23.9 Å². The third-order valence-electron chi connectivity index (χ3n) is 4.02. The second kappa shape index (κ2) is 5.92. The zero-order valence-corrected chi connectivity index (χ0v) is 12.9. The molecular formula is C16H17NO6. The number of carbonyl (C=O) groups excluding carboxylic acids is 1. The van der Waals surface area contributed by atoms with E-state index in [1.165, 1.54) is 12.0 Å². The monoisotopic (exact) mass is 319 g/mol. The summed E-state index contributed by atoms with van der Waals surface area (Å²) >= 11 is 0. The van der Waals surface area contributed by atoms with Crippen LogP contribution in [0.3, 0.4) is 0 Å². The first kappa shape index (κ1) is 15.4. The number of amides is 1. The molecule has 2 aromatic rings. The van der Waals surface area contributed by atoms with Crippen LogP contribution in [0.2, 0.25) is 0 Å². The Morgan fingerprint density at radius 1 is 1.39 bits per heavy atom. The summed E-state index contributed by atoms with van der Waals surface area (Å²) in [6, 6.07) is 4.38. The first-order chi connectivity index (χ1) is 11.0. The van der Waals surface area contributed by atoms with Crippen LogP contribution in [-0.2, 0) is 9.53 Å². The number of morpholine rings is 1. The highest BCUT2D eigenvalue weighted by Gasteiger charge is 2.35. The Balaban J connectivity index is 2.03. The van der Waals surface area contributed by atoms with E-state index in [-0.39, 0.29) is 18.9 Å². The number of fused-ring (bicyclic) bond motifs is 1. The van der Waals surface area contributed by atoms with Gasteiger partial charge in [-0.15, -0.1) is 0 Å². The van der Waals surface area contributed by atoms with Gasteiger partial charge in [0.05, 0.1) is 20.3 Å². The SMILES string of the molecule is COc1cccc2c(C)c(C(=O)N3CCOC[C@@H]3C(=O)O)oc12. The Labute approximate surface area is 132 Å². The number of aliphatic carboxylic acids is 1. The van der Waals surface area contributed by atoms with Gasteiger partial charge in [-0.1, -0.05) is 12.1 Å². The molecule has 1 saturated heterocycles. The van der Waals surface area contributed by atoms with E-state index in [9.17, 15) is 14.7 Å². The molecule has 122 valence electrons. The number of carbonyl (C=O) groups is 2. The number of carboxylic acid groups (broad SMARTS) is 1. The molecule has 7 heteroatoms. The molecule has 1 N–H and O–H groups in total. The van der Waals surface area contributed by atoms with E-state index >= 15 is 0 Å². The van der Waals surface area contributed by atoms with Crippen molar-refractivity contribution in [2.24, 2.45) is 0 Å². The van der Waals surface area contributed by atoms with Gasteiger partial charge in [-0.25, -0.2) is 4.79 Å². The van der Waals surface area contributed by atoms with Crippen molar-refractivity contribution < 1.29 is 28.6 Å².